The van der Waals surface area contributed by atoms with Gasteiger partial charge in [-0.15, -0.1) is 0 Å². The summed E-state index contributed by atoms with van der Waals surface area (Å²) in [7, 11) is -3.60. The van der Waals surface area contributed by atoms with Crippen molar-refractivity contribution in [2.24, 2.45) is 0 Å². The topological polar surface area (TPSA) is 114 Å². The van der Waals surface area contributed by atoms with Crippen molar-refractivity contribution in [3.63, 3.8) is 0 Å². The summed E-state index contributed by atoms with van der Waals surface area (Å²) < 4.78 is 37.3. The third-order valence-corrected chi connectivity index (χ3v) is 7.27. The number of nitrogens with zero attached hydrogens (tertiary/aromatic N) is 1. The first kappa shape index (κ1) is 27.0. The van der Waals surface area contributed by atoms with Gasteiger partial charge in [0.25, 0.3) is 5.91 Å². The first-order valence-electron chi connectivity index (χ1n) is 12.3. The average Bonchev–Trinajstić information content (AvgIpc) is 2.91. The Morgan fingerprint density at radius 2 is 1.63 bits per heavy atom. The molecule has 200 valence electrons. The van der Waals surface area contributed by atoms with Gasteiger partial charge in [0.05, 0.1) is 29.2 Å². The van der Waals surface area contributed by atoms with E-state index >= 15 is 0 Å². The fourth-order valence-electron chi connectivity index (χ4n) is 4.16. The van der Waals surface area contributed by atoms with E-state index in [4.69, 9.17) is 9.47 Å². The Bertz CT molecular complexity index is 1390. The summed E-state index contributed by atoms with van der Waals surface area (Å²) in [6.45, 7) is 2.82. The third kappa shape index (κ3) is 6.83. The van der Waals surface area contributed by atoms with E-state index in [9.17, 15) is 18.0 Å². The minimum Gasteiger partial charge on any atom is -0.486 e. The second-order valence-electron chi connectivity index (χ2n) is 8.97. The van der Waals surface area contributed by atoms with Gasteiger partial charge in [-0.2, -0.15) is 0 Å². The van der Waals surface area contributed by atoms with Crippen molar-refractivity contribution in [1.82, 2.24) is 5.32 Å². The van der Waals surface area contributed by atoms with Gasteiger partial charge in [-0.05, 0) is 43.2 Å². The molecule has 1 aliphatic rings. The molecule has 0 bridgehead atoms. The lowest BCUT2D eigenvalue weighted by Gasteiger charge is -2.25. The van der Waals surface area contributed by atoms with Gasteiger partial charge in [0, 0.05) is 19.0 Å². The summed E-state index contributed by atoms with van der Waals surface area (Å²) >= 11 is 0. The van der Waals surface area contributed by atoms with Gasteiger partial charge in [-0.1, -0.05) is 42.5 Å². The second-order valence-corrected chi connectivity index (χ2v) is 10.9. The zero-order valence-electron chi connectivity index (χ0n) is 21.3. The second kappa shape index (κ2) is 12.0. The van der Waals surface area contributed by atoms with E-state index < -0.39 is 10.0 Å². The molecule has 1 atom stereocenters. The van der Waals surface area contributed by atoms with Gasteiger partial charge in [-0.25, -0.2) is 8.42 Å². The smallest absolute Gasteiger partial charge is 0.253 e. The maximum absolute atomic E-state index is 12.9. The molecule has 0 aromatic heterocycles. The number of sulfonamides is 1. The number of ether oxygens (including phenoxy) is 2. The van der Waals surface area contributed by atoms with Gasteiger partial charge in [0.1, 0.15) is 13.2 Å². The zero-order valence-corrected chi connectivity index (χ0v) is 22.2. The summed E-state index contributed by atoms with van der Waals surface area (Å²) in [4.78, 5) is 25.7. The molecular formula is C28H31N3O6S. The van der Waals surface area contributed by atoms with Crippen LogP contribution < -0.4 is 24.4 Å². The van der Waals surface area contributed by atoms with Crippen LogP contribution in [0.5, 0.6) is 11.5 Å². The number of fused-ring (bicyclic) bond motifs is 1. The van der Waals surface area contributed by atoms with Crippen LogP contribution in [0.4, 0.5) is 11.4 Å². The molecular weight excluding hydrogens is 506 g/mol. The molecule has 2 amide bonds. The van der Waals surface area contributed by atoms with Crippen LogP contribution in [0.2, 0.25) is 0 Å². The van der Waals surface area contributed by atoms with Crippen molar-refractivity contribution < 1.29 is 27.5 Å². The quantitative estimate of drug-likeness (QED) is 0.402. The highest BCUT2D eigenvalue weighted by Crippen LogP contribution is 2.34. The molecule has 1 unspecified atom stereocenters. The number of amides is 2. The maximum Gasteiger partial charge on any atom is 0.253 e. The third-order valence-electron chi connectivity index (χ3n) is 6.07. The fourth-order valence-corrected chi connectivity index (χ4v) is 5.12. The molecule has 0 saturated heterocycles. The molecule has 0 aliphatic carbocycles. The largest absolute Gasteiger partial charge is 0.486 e. The predicted octanol–water partition coefficient (Wildman–Crippen LogP) is 4.13. The highest BCUT2D eigenvalue weighted by atomic mass is 32.2. The Kier molecular flexibility index (Phi) is 8.52. The Morgan fingerprint density at radius 1 is 0.947 bits per heavy atom. The number of hydrogen-bond acceptors (Lipinski definition) is 6. The Morgan fingerprint density at radius 3 is 2.37 bits per heavy atom. The lowest BCUT2D eigenvalue weighted by atomic mass is 10.1. The van der Waals surface area contributed by atoms with Crippen molar-refractivity contribution in [3.05, 3.63) is 83.9 Å². The molecule has 0 saturated carbocycles. The molecule has 3 aromatic carbocycles. The molecule has 0 radical (unpaired) electrons. The normalized spacial score (nSPS) is 13.3. The van der Waals surface area contributed by atoms with Crippen molar-refractivity contribution in [2.45, 2.75) is 25.8 Å². The van der Waals surface area contributed by atoms with Crippen LogP contribution in [0.1, 0.15) is 41.7 Å². The van der Waals surface area contributed by atoms with Crippen molar-refractivity contribution >= 4 is 33.2 Å². The number of para-hydroxylation sites is 1. The number of hydrogen-bond donors (Lipinski definition) is 2. The number of nitrogens with one attached hydrogen (secondary N) is 2. The van der Waals surface area contributed by atoms with E-state index in [0.717, 1.165) is 11.8 Å². The monoisotopic (exact) mass is 537 g/mol. The summed E-state index contributed by atoms with van der Waals surface area (Å²) in [6.07, 6.45) is 1.45. The molecule has 2 N–H and O–H groups in total. The number of anilines is 2. The van der Waals surface area contributed by atoms with E-state index in [0.29, 0.717) is 41.7 Å². The molecule has 4 rings (SSSR count). The lowest BCUT2D eigenvalue weighted by Crippen LogP contribution is -2.31. The maximum atomic E-state index is 12.9. The molecule has 3 aromatic rings. The van der Waals surface area contributed by atoms with E-state index in [1.165, 1.54) is 4.31 Å². The van der Waals surface area contributed by atoms with E-state index in [2.05, 4.69) is 10.6 Å². The Hall–Kier alpha value is -4.05. The molecule has 1 heterocycles. The summed E-state index contributed by atoms with van der Waals surface area (Å²) in [5, 5.41) is 5.75. The van der Waals surface area contributed by atoms with Gasteiger partial charge in [-0.3, -0.25) is 13.9 Å². The highest BCUT2D eigenvalue weighted by molar-refractivity contribution is 7.92. The minimum atomic E-state index is -3.60. The van der Waals surface area contributed by atoms with Crippen molar-refractivity contribution in [2.75, 3.05) is 35.6 Å². The molecule has 0 spiro atoms. The fraction of sp³-hybridized carbons (Fsp3) is 0.286. The number of rotatable bonds is 10. The van der Waals surface area contributed by atoms with Crippen LogP contribution in [0.15, 0.2) is 72.8 Å². The van der Waals surface area contributed by atoms with E-state index in [1.807, 2.05) is 37.3 Å². The summed E-state index contributed by atoms with van der Waals surface area (Å²) in [5.74, 6) is 0.418. The first-order valence-corrected chi connectivity index (χ1v) is 14.2. The standard InChI is InChI=1S/C28H31N3O6S/c1-20(21-9-4-3-5-10-21)29-28(33)23-11-6-7-12-24(23)30-27(32)13-8-16-31(38(2,34)35)22-14-15-25-26(19-22)37-18-17-36-25/h3-7,9-12,14-15,19-20H,8,13,16-18H2,1-2H3,(H,29,33)(H,30,32). The first-order chi connectivity index (χ1) is 18.2. The van der Waals surface area contributed by atoms with E-state index in [-0.39, 0.29) is 37.2 Å². The van der Waals surface area contributed by atoms with Crippen LogP contribution in [-0.2, 0) is 14.8 Å². The van der Waals surface area contributed by atoms with Crippen LogP contribution >= 0.6 is 0 Å². The molecule has 1 aliphatic heterocycles. The molecule has 10 heteroatoms. The van der Waals surface area contributed by atoms with Crippen molar-refractivity contribution in [1.29, 1.82) is 0 Å². The van der Waals surface area contributed by atoms with Gasteiger partial charge in [0.2, 0.25) is 15.9 Å². The van der Waals surface area contributed by atoms with Crippen molar-refractivity contribution in [3.8, 4) is 11.5 Å². The van der Waals surface area contributed by atoms with Crippen LogP contribution in [-0.4, -0.2) is 46.2 Å². The summed E-state index contributed by atoms with van der Waals surface area (Å²) in [6, 6.07) is 21.1. The number of benzene rings is 3. The van der Waals surface area contributed by atoms with Gasteiger partial charge < -0.3 is 20.1 Å². The molecule has 38 heavy (non-hydrogen) atoms. The Labute approximate surface area is 222 Å². The zero-order chi connectivity index (χ0) is 27.1. The average molecular weight is 538 g/mol. The van der Waals surface area contributed by atoms with Gasteiger partial charge >= 0.3 is 0 Å². The molecule has 9 nitrogen and oxygen atoms in total. The highest BCUT2D eigenvalue weighted by Gasteiger charge is 2.21. The van der Waals surface area contributed by atoms with E-state index in [1.54, 1.807) is 42.5 Å². The number of carbonyl (C=O) groups excluding carboxylic acids is 2. The van der Waals surface area contributed by atoms with Crippen LogP contribution in [0.3, 0.4) is 0 Å². The Balaban J connectivity index is 1.37. The molecule has 0 fully saturated rings. The van der Waals surface area contributed by atoms with Crippen LogP contribution in [0.25, 0.3) is 0 Å². The summed E-state index contributed by atoms with van der Waals surface area (Å²) in [5.41, 5.74) is 2.14. The number of carbonyl (C=O) groups is 2. The van der Waals surface area contributed by atoms with Crippen LogP contribution in [0, 0.1) is 0 Å². The predicted molar refractivity (Wildman–Crippen MR) is 146 cm³/mol. The lowest BCUT2D eigenvalue weighted by molar-refractivity contribution is -0.116. The minimum absolute atomic E-state index is 0.0624. The van der Waals surface area contributed by atoms with Gasteiger partial charge in [0.15, 0.2) is 11.5 Å². The SMILES string of the molecule is CC(NC(=O)c1ccccc1NC(=O)CCCN(c1ccc2c(c1)OCCO2)S(C)(=O)=O)c1ccccc1.